The summed E-state index contributed by atoms with van der Waals surface area (Å²) in [6, 6.07) is 14.0. The topological polar surface area (TPSA) is 98.4 Å². The fraction of sp³-hybridized carbons (Fsp3) is 0.200. The smallest absolute Gasteiger partial charge is 0.300 e. The van der Waals surface area contributed by atoms with Gasteiger partial charge in [0, 0.05) is 17.3 Å². The molecule has 2 aliphatic heterocycles. The second-order valence-corrected chi connectivity index (χ2v) is 7.47. The first-order valence-corrected chi connectivity index (χ1v) is 10.6. The summed E-state index contributed by atoms with van der Waals surface area (Å²) in [7, 11) is 0. The van der Waals surface area contributed by atoms with Gasteiger partial charge in [0.25, 0.3) is 11.7 Å². The minimum absolute atomic E-state index is 0.0611. The Hall–Kier alpha value is -4.20. The van der Waals surface area contributed by atoms with Gasteiger partial charge >= 0.3 is 0 Å². The van der Waals surface area contributed by atoms with Crippen LogP contribution in [0.1, 0.15) is 24.3 Å². The molecule has 5 rings (SSSR count). The number of furan rings is 1. The fourth-order valence-electron chi connectivity index (χ4n) is 4.03. The summed E-state index contributed by atoms with van der Waals surface area (Å²) in [6.07, 6.45) is 1.45. The van der Waals surface area contributed by atoms with Gasteiger partial charge in [-0.25, -0.2) is 0 Å². The van der Waals surface area contributed by atoms with Crippen LogP contribution < -0.4 is 19.1 Å². The van der Waals surface area contributed by atoms with Crippen LogP contribution in [0.2, 0.25) is 0 Å². The van der Waals surface area contributed by atoms with Crippen molar-refractivity contribution in [2.75, 3.05) is 24.7 Å². The number of anilines is 1. The van der Waals surface area contributed by atoms with Crippen LogP contribution in [0, 0.1) is 0 Å². The van der Waals surface area contributed by atoms with Crippen molar-refractivity contribution in [3.05, 3.63) is 77.8 Å². The highest BCUT2D eigenvalue weighted by Crippen LogP contribution is 2.44. The molecule has 3 heterocycles. The molecule has 0 saturated carbocycles. The Bertz CT molecular complexity index is 1230. The Kier molecular flexibility index (Phi) is 5.26. The van der Waals surface area contributed by atoms with Crippen LogP contribution in [0.15, 0.2) is 70.9 Å². The van der Waals surface area contributed by atoms with Gasteiger partial charge in [-0.3, -0.25) is 14.5 Å². The van der Waals surface area contributed by atoms with Gasteiger partial charge in [0.1, 0.15) is 36.5 Å². The van der Waals surface area contributed by atoms with Gasteiger partial charge in [-0.1, -0.05) is 0 Å². The standard InChI is InChI=1S/C25H21NO7/c1-2-30-17-8-5-15(6-9-17)23(27)21-22(19-4-3-11-31-19)26(25(29)24(21)28)16-7-10-18-20(14-16)33-13-12-32-18/h3-11,14,22,27H,2,12-13H2,1H3/b23-21-. The van der Waals surface area contributed by atoms with Crippen LogP contribution >= 0.6 is 0 Å². The number of Topliss-reactive ketones (excluding diaryl/α,β-unsaturated/α-hetero) is 1. The van der Waals surface area contributed by atoms with Crippen molar-refractivity contribution in [3.8, 4) is 17.2 Å². The molecule has 1 amide bonds. The van der Waals surface area contributed by atoms with Gasteiger partial charge in [0.2, 0.25) is 0 Å². The second-order valence-electron chi connectivity index (χ2n) is 7.47. The van der Waals surface area contributed by atoms with Crippen molar-refractivity contribution >= 4 is 23.1 Å². The molecule has 8 heteroatoms. The number of hydrogen-bond acceptors (Lipinski definition) is 7. The van der Waals surface area contributed by atoms with E-state index in [9.17, 15) is 14.7 Å². The number of nitrogens with zero attached hydrogens (tertiary/aromatic N) is 1. The van der Waals surface area contributed by atoms with Gasteiger partial charge in [-0.05, 0) is 55.5 Å². The molecule has 1 atom stereocenters. The maximum Gasteiger partial charge on any atom is 0.300 e. The zero-order valence-corrected chi connectivity index (χ0v) is 17.8. The molecule has 0 radical (unpaired) electrons. The number of benzene rings is 2. The van der Waals surface area contributed by atoms with E-state index >= 15 is 0 Å². The van der Waals surface area contributed by atoms with Crippen LogP contribution in [0.3, 0.4) is 0 Å². The van der Waals surface area contributed by atoms with Crippen LogP contribution in [0.25, 0.3) is 5.76 Å². The van der Waals surface area contributed by atoms with Crippen LogP contribution in [0.4, 0.5) is 5.69 Å². The van der Waals surface area contributed by atoms with Gasteiger partial charge < -0.3 is 23.7 Å². The van der Waals surface area contributed by atoms with Crippen molar-refractivity contribution < 1.29 is 33.3 Å². The number of hydrogen-bond donors (Lipinski definition) is 1. The van der Waals surface area contributed by atoms with E-state index < -0.39 is 17.7 Å². The second kappa shape index (κ2) is 8.38. The van der Waals surface area contributed by atoms with Crippen molar-refractivity contribution in [1.29, 1.82) is 0 Å². The highest BCUT2D eigenvalue weighted by atomic mass is 16.6. The van der Waals surface area contributed by atoms with E-state index in [1.807, 2.05) is 6.92 Å². The molecule has 2 aromatic carbocycles. The molecule has 1 saturated heterocycles. The first kappa shape index (κ1) is 20.7. The average molecular weight is 447 g/mol. The lowest BCUT2D eigenvalue weighted by Crippen LogP contribution is -2.29. The molecule has 33 heavy (non-hydrogen) atoms. The molecule has 0 aliphatic carbocycles. The molecule has 8 nitrogen and oxygen atoms in total. The molecule has 1 N–H and O–H groups in total. The van der Waals surface area contributed by atoms with Gasteiger partial charge in [-0.15, -0.1) is 0 Å². The third-order valence-corrected chi connectivity index (χ3v) is 5.50. The quantitative estimate of drug-likeness (QED) is 0.358. The molecule has 3 aromatic rings. The molecular weight excluding hydrogens is 426 g/mol. The highest BCUT2D eigenvalue weighted by molar-refractivity contribution is 6.51. The first-order chi connectivity index (χ1) is 16.1. The largest absolute Gasteiger partial charge is 0.507 e. The number of ketones is 1. The van der Waals surface area contributed by atoms with E-state index in [2.05, 4.69) is 0 Å². The van der Waals surface area contributed by atoms with Gasteiger partial charge in [-0.2, -0.15) is 0 Å². The number of fused-ring (bicyclic) bond motifs is 1. The number of ether oxygens (including phenoxy) is 3. The Morgan fingerprint density at radius 1 is 1.06 bits per heavy atom. The maximum atomic E-state index is 13.2. The Morgan fingerprint density at radius 2 is 1.82 bits per heavy atom. The lowest BCUT2D eigenvalue weighted by atomic mass is 9.99. The van der Waals surface area contributed by atoms with E-state index in [1.54, 1.807) is 54.6 Å². The molecule has 0 spiro atoms. The lowest BCUT2D eigenvalue weighted by molar-refractivity contribution is -0.132. The Balaban J connectivity index is 1.62. The molecule has 1 aromatic heterocycles. The van der Waals surface area contributed by atoms with E-state index in [4.69, 9.17) is 18.6 Å². The van der Waals surface area contributed by atoms with E-state index in [0.717, 1.165) is 0 Å². The number of amides is 1. The van der Waals surface area contributed by atoms with Gasteiger partial charge in [0.05, 0.1) is 18.4 Å². The highest BCUT2D eigenvalue weighted by Gasteiger charge is 2.48. The summed E-state index contributed by atoms with van der Waals surface area (Å²) in [5.74, 6) is 0.136. The SMILES string of the molecule is CCOc1ccc(/C(O)=C2/C(=O)C(=O)N(c3ccc4c(c3)OCCO4)C2c2ccco2)cc1. The maximum absolute atomic E-state index is 13.2. The van der Waals surface area contributed by atoms with E-state index in [0.29, 0.717) is 54.1 Å². The molecule has 1 unspecified atom stereocenters. The molecule has 0 bridgehead atoms. The lowest BCUT2D eigenvalue weighted by Gasteiger charge is -2.25. The fourth-order valence-corrected chi connectivity index (χ4v) is 4.03. The minimum Gasteiger partial charge on any atom is -0.507 e. The molecule has 168 valence electrons. The van der Waals surface area contributed by atoms with E-state index in [1.165, 1.54) is 11.2 Å². The normalized spacial score (nSPS) is 19.1. The number of aliphatic hydroxyl groups excluding tert-OH is 1. The number of carbonyl (C=O) groups is 2. The van der Waals surface area contributed by atoms with E-state index in [-0.39, 0.29) is 11.3 Å². The average Bonchev–Trinajstić information content (AvgIpc) is 3.46. The Labute approximate surface area is 189 Å². The number of carbonyl (C=O) groups excluding carboxylic acids is 2. The minimum atomic E-state index is -0.950. The van der Waals surface area contributed by atoms with Crippen molar-refractivity contribution in [3.63, 3.8) is 0 Å². The monoisotopic (exact) mass is 447 g/mol. The van der Waals surface area contributed by atoms with Crippen molar-refractivity contribution in [2.24, 2.45) is 0 Å². The number of rotatable bonds is 5. The first-order valence-electron chi connectivity index (χ1n) is 10.6. The van der Waals surface area contributed by atoms with Crippen LogP contribution in [-0.4, -0.2) is 36.6 Å². The predicted octanol–water partition coefficient (Wildman–Crippen LogP) is 4.08. The summed E-state index contributed by atoms with van der Waals surface area (Å²) < 4.78 is 22.2. The summed E-state index contributed by atoms with van der Waals surface area (Å²) in [6.45, 7) is 3.20. The summed E-state index contributed by atoms with van der Waals surface area (Å²) in [5, 5.41) is 11.1. The summed E-state index contributed by atoms with van der Waals surface area (Å²) in [5.41, 5.74) is 0.748. The van der Waals surface area contributed by atoms with Crippen molar-refractivity contribution in [1.82, 2.24) is 0 Å². The number of aliphatic hydroxyl groups is 1. The zero-order chi connectivity index (χ0) is 22.9. The third kappa shape index (κ3) is 3.59. The molecular formula is C25H21NO7. The molecule has 2 aliphatic rings. The van der Waals surface area contributed by atoms with Crippen LogP contribution in [0.5, 0.6) is 17.2 Å². The summed E-state index contributed by atoms with van der Waals surface area (Å²) in [4.78, 5) is 27.6. The third-order valence-electron chi connectivity index (χ3n) is 5.50. The molecule has 1 fully saturated rings. The zero-order valence-electron chi connectivity index (χ0n) is 17.8. The van der Waals surface area contributed by atoms with Crippen molar-refractivity contribution in [2.45, 2.75) is 13.0 Å². The predicted molar refractivity (Wildman–Crippen MR) is 119 cm³/mol. The summed E-state index contributed by atoms with van der Waals surface area (Å²) >= 11 is 0. The van der Waals surface area contributed by atoms with Crippen LogP contribution in [-0.2, 0) is 9.59 Å². The van der Waals surface area contributed by atoms with Gasteiger partial charge in [0.15, 0.2) is 11.5 Å². The Morgan fingerprint density at radius 3 is 2.52 bits per heavy atom.